The first-order chi connectivity index (χ1) is 16.0. The summed E-state index contributed by atoms with van der Waals surface area (Å²) in [6.45, 7) is 0. The first-order valence-electron chi connectivity index (χ1n) is 11.1. The Hall–Kier alpha value is -2.84. The summed E-state index contributed by atoms with van der Waals surface area (Å²) >= 11 is 2.85. The Labute approximate surface area is 197 Å². The molecule has 33 heavy (non-hydrogen) atoms. The van der Waals surface area contributed by atoms with E-state index in [1.807, 2.05) is 42.5 Å². The number of carbonyl (C=O) groups excluding carboxylic acids is 2. The number of benzene rings is 2. The molecule has 2 bridgehead atoms. The zero-order chi connectivity index (χ0) is 22.4. The number of fused-ring (bicyclic) bond motifs is 9. The van der Waals surface area contributed by atoms with Gasteiger partial charge < -0.3 is 10.1 Å². The Bertz CT molecular complexity index is 1370. The number of carbonyl (C=O) groups is 2. The molecule has 3 aromatic rings. The Morgan fingerprint density at radius 3 is 2.36 bits per heavy atom. The van der Waals surface area contributed by atoms with Crippen LogP contribution in [-0.2, 0) is 9.59 Å². The lowest BCUT2D eigenvalue weighted by atomic mass is 9.68. The number of H-pyrrole nitrogens is 1. The second kappa shape index (κ2) is 6.84. The summed E-state index contributed by atoms with van der Waals surface area (Å²) in [7, 11) is 0. The van der Waals surface area contributed by atoms with Gasteiger partial charge in [0, 0.05) is 21.6 Å². The van der Waals surface area contributed by atoms with Gasteiger partial charge in [0.25, 0.3) is 0 Å². The molecule has 1 saturated heterocycles. The molecular formula is C25H20N2O4S2. The van der Waals surface area contributed by atoms with E-state index >= 15 is 0 Å². The van der Waals surface area contributed by atoms with Crippen LogP contribution in [0.25, 0.3) is 0 Å². The van der Waals surface area contributed by atoms with E-state index in [1.165, 1.54) is 16.2 Å². The topological polar surface area (TPSA) is 90.5 Å². The third-order valence-electron chi connectivity index (χ3n) is 8.01. The van der Waals surface area contributed by atoms with Crippen molar-refractivity contribution in [3.8, 4) is 5.75 Å². The number of nitrogens with zero attached hydrogens (tertiary/aromatic N) is 1. The van der Waals surface area contributed by atoms with Gasteiger partial charge in [-0.2, -0.15) is 0 Å². The normalized spacial score (nSPS) is 33.8. The third kappa shape index (κ3) is 2.53. The molecule has 2 aliphatic heterocycles. The number of thioether (sulfide) groups is 1. The highest BCUT2D eigenvalue weighted by atomic mass is 32.2. The lowest BCUT2D eigenvalue weighted by Gasteiger charge is -2.43. The fraction of sp³-hybridized carbons (Fsp3) is 0.320. The van der Waals surface area contributed by atoms with Crippen molar-refractivity contribution in [3.05, 3.63) is 74.7 Å². The summed E-state index contributed by atoms with van der Waals surface area (Å²) in [4.78, 5) is 44.6. The summed E-state index contributed by atoms with van der Waals surface area (Å²) < 4.78 is 0. The molecule has 6 nitrogen and oxygen atoms in total. The number of aromatic amines is 1. The number of phenolic OH excluding ortho intramolecular Hbond substituents is 1. The van der Waals surface area contributed by atoms with Gasteiger partial charge in [-0.25, -0.2) is 0 Å². The van der Waals surface area contributed by atoms with Crippen LogP contribution in [0.4, 0.5) is 5.69 Å². The number of hydrogen-bond acceptors (Lipinski definition) is 6. The van der Waals surface area contributed by atoms with Crippen LogP contribution in [0.1, 0.15) is 22.8 Å². The summed E-state index contributed by atoms with van der Waals surface area (Å²) in [6.07, 6.45) is 0.834. The quantitative estimate of drug-likeness (QED) is 0.549. The number of aromatic nitrogens is 1. The highest BCUT2D eigenvalue weighted by Gasteiger charge is 2.69. The fourth-order valence-electron chi connectivity index (χ4n) is 6.95. The molecule has 0 unspecified atom stereocenters. The molecule has 8 heteroatoms. The average molecular weight is 477 g/mol. The highest BCUT2D eigenvalue weighted by Crippen LogP contribution is 2.69. The fourth-order valence-corrected chi connectivity index (χ4v) is 9.83. The van der Waals surface area contributed by atoms with Gasteiger partial charge in [-0.1, -0.05) is 47.7 Å². The van der Waals surface area contributed by atoms with Gasteiger partial charge in [-0.3, -0.25) is 19.3 Å². The largest absolute Gasteiger partial charge is 0.508 e. The van der Waals surface area contributed by atoms with E-state index in [2.05, 4.69) is 4.98 Å². The number of hydrogen-bond donors (Lipinski definition) is 2. The number of rotatable bonds is 2. The zero-order valence-corrected chi connectivity index (χ0v) is 19.0. The molecule has 0 spiro atoms. The number of imide groups is 1. The van der Waals surface area contributed by atoms with Crippen LogP contribution in [0, 0.1) is 29.6 Å². The molecule has 2 aromatic carbocycles. The van der Waals surface area contributed by atoms with Crippen LogP contribution >= 0.6 is 23.1 Å². The molecule has 7 atom stereocenters. The lowest BCUT2D eigenvalue weighted by Crippen LogP contribution is -2.42. The maximum Gasteiger partial charge on any atom is 0.305 e. The summed E-state index contributed by atoms with van der Waals surface area (Å²) in [5.74, 6) is -0.602. The minimum Gasteiger partial charge on any atom is -0.508 e. The molecule has 166 valence electrons. The number of amides is 2. The van der Waals surface area contributed by atoms with Crippen molar-refractivity contribution in [1.29, 1.82) is 0 Å². The van der Waals surface area contributed by atoms with Crippen molar-refractivity contribution >= 4 is 40.6 Å². The number of thiazole rings is 1. The van der Waals surface area contributed by atoms with E-state index in [4.69, 9.17) is 0 Å². The standard InChI is InChI=1S/C25H20N2O4S2/c28-15-9-5-4-8-12(15)16-17-13-10-14(20(17)32-22-21(16)33-25(31)26-22)19-18(13)23(29)27(24(19)30)11-6-2-1-3-7-11/h1-9,13-14,16-20,28H,10H2,(H,26,31)/t13-,14+,16+,17+,18+,19+,20-/m1/s1. The minimum atomic E-state index is -0.338. The van der Waals surface area contributed by atoms with Crippen molar-refractivity contribution in [2.45, 2.75) is 22.6 Å². The van der Waals surface area contributed by atoms with E-state index in [1.54, 1.807) is 23.9 Å². The summed E-state index contributed by atoms with van der Waals surface area (Å²) in [5, 5.41) is 11.7. The monoisotopic (exact) mass is 476 g/mol. The van der Waals surface area contributed by atoms with Crippen molar-refractivity contribution in [1.82, 2.24) is 4.98 Å². The predicted octanol–water partition coefficient (Wildman–Crippen LogP) is 3.82. The van der Waals surface area contributed by atoms with Gasteiger partial charge >= 0.3 is 4.87 Å². The van der Waals surface area contributed by atoms with E-state index in [-0.39, 0.29) is 63.2 Å². The molecule has 3 heterocycles. The van der Waals surface area contributed by atoms with E-state index in [9.17, 15) is 19.5 Å². The summed E-state index contributed by atoms with van der Waals surface area (Å²) in [5.41, 5.74) is 1.43. The van der Waals surface area contributed by atoms with Gasteiger partial charge in [-0.15, -0.1) is 11.8 Å². The van der Waals surface area contributed by atoms with E-state index in [0.717, 1.165) is 21.9 Å². The Kier molecular flexibility index (Phi) is 4.06. The van der Waals surface area contributed by atoms with Crippen LogP contribution in [0.3, 0.4) is 0 Å². The molecule has 0 radical (unpaired) electrons. The van der Waals surface area contributed by atoms with Gasteiger partial charge in [0.05, 0.1) is 22.5 Å². The van der Waals surface area contributed by atoms with Crippen molar-refractivity contribution in [3.63, 3.8) is 0 Å². The van der Waals surface area contributed by atoms with Crippen LogP contribution in [0.2, 0.25) is 0 Å². The number of anilines is 1. The molecule has 4 aliphatic rings. The Balaban J connectivity index is 1.36. The minimum absolute atomic E-state index is 0.0395. The molecule has 1 aromatic heterocycles. The third-order valence-corrected chi connectivity index (χ3v) is 10.6. The number of aromatic hydroxyl groups is 1. The molecular weight excluding hydrogens is 456 g/mol. The van der Waals surface area contributed by atoms with Gasteiger partial charge in [-0.05, 0) is 42.4 Å². The van der Waals surface area contributed by atoms with Crippen LogP contribution in [-0.4, -0.2) is 27.2 Å². The molecule has 2 saturated carbocycles. The van der Waals surface area contributed by atoms with Crippen molar-refractivity contribution < 1.29 is 14.7 Å². The van der Waals surface area contributed by atoms with Crippen LogP contribution < -0.4 is 9.77 Å². The SMILES string of the molecule is O=C1[C@H]2[C@@H]3C[C@@H]([C@@H]2C(=O)N1c1ccccc1)[C@H]1[C@H](c2ccccc2O)c2sc(=O)[nH]c2S[C@H]31. The van der Waals surface area contributed by atoms with Crippen molar-refractivity contribution in [2.75, 3.05) is 4.90 Å². The van der Waals surface area contributed by atoms with Gasteiger partial charge in [0.2, 0.25) is 11.8 Å². The Morgan fingerprint density at radius 2 is 1.61 bits per heavy atom. The van der Waals surface area contributed by atoms with Gasteiger partial charge in [0.1, 0.15) is 5.75 Å². The first-order valence-corrected chi connectivity index (χ1v) is 12.8. The second-order valence-electron chi connectivity index (χ2n) is 9.37. The number of phenols is 1. The zero-order valence-electron chi connectivity index (χ0n) is 17.4. The number of para-hydroxylation sites is 2. The maximum absolute atomic E-state index is 13.6. The number of nitrogens with one attached hydrogen (secondary N) is 1. The van der Waals surface area contributed by atoms with Crippen LogP contribution in [0.15, 0.2) is 64.4 Å². The molecule has 3 fully saturated rings. The summed E-state index contributed by atoms with van der Waals surface area (Å²) in [6, 6.07) is 16.5. The molecule has 7 rings (SSSR count). The molecule has 2 N–H and O–H groups in total. The van der Waals surface area contributed by atoms with Crippen LogP contribution in [0.5, 0.6) is 5.75 Å². The van der Waals surface area contributed by atoms with Crippen molar-refractivity contribution in [2.24, 2.45) is 29.6 Å². The highest BCUT2D eigenvalue weighted by molar-refractivity contribution is 8.00. The smallest absolute Gasteiger partial charge is 0.305 e. The van der Waals surface area contributed by atoms with E-state index in [0.29, 0.717) is 5.69 Å². The van der Waals surface area contributed by atoms with E-state index < -0.39 is 0 Å². The average Bonchev–Trinajstić information content (AvgIpc) is 3.54. The Morgan fingerprint density at radius 1 is 0.909 bits per heavy atom. The molecule has 2 aliphatic carbocycles. The lowest BCUT2D eigenvalue weighted by molar-refractivity contribution is -0.123. The predicted molar refractivity (Wildman–Crippen MR) is 126 cm³/mol. The second-order valence-corrected chi connectivity index (χ2v) is 11.6. The molecule has 2 amide bonds. The maximum atomic E-state index is 13.6. The van der Waals surface area contributed by atoms with Gasteiger partial charge in [0.15, 0.2) is 0 Å². The first kappa shape index (κ1) is 19.6.